The summed E-state index contributed by atoms with van der Waals surface area (Å²) >= 11 is 0. The van der Waals surface area contributed by atoms with Gasteiger partial charge in [-0.15, -0.1) is 0 Å². The highest BCUT2D eigenvalue weighted by Gasteiger charge is 2.44. The lowest BCUT2D eigenvalue weighted by Crippen LogP contribution is -2.28. The summed E-state index contributed by atoms with van der Waals surface area (Å²) in [5.74, 6) is -2.21. The van der Waals surface area contributed by atoms with E-state index in [4.69, 9.17) is 14.2 Å². The molecule has 36 heavy (non-hydrogen) atoms. The number of anilines is 1. The second kappa shape index (κ2) is 10.4. The molecule has 0 radical (unpaired) electrons. The van der Waals surface area contributed by atoms with E-state index < -0.39 is 37.0 Å². The van der Waals surface area contributed by atoms with Gasteiger partial charge in [-0.3, -0.25) is 14.5 Å². The van der Waals surface area contributed by atoms with Crippen molar-refractivity contribution in [3.63, 3.8) is 0 Å². The Kier molecular flexibility index (Phi) is 7.35. The maximum absolute atomic E-state index is 15.2. The zero-order valence-electron chi connectivity index (χ0n) is 19.6. The lowest BCUT2D eigenvalue weighted by molar-refractivity contribution is -0.142. The zero-order chi connectivity index (χ0) is 26.0. The first-order valence-electron chi connectivity index (χ1n) is 11.4. The lowest BCUT2D eigenvalue weighted by Gasteiger charge is -2.22. The number of hydrogen-bond donors (Lipinski definition) is 1. The molecule has 1 heterocycles. The molecular weight excluding hydrogens is 479 g/mol. The van der Waals surface area contributed by atoms with Crippen LogP contribution >= 0.6 is 0 Å². The van der Waals surface area contributed by atoms with Crippen LogP contribution in [0.25, 0.3) is 10.8 Å². The fourth-order valence-electron chi connectivity index (χ4n) is 4.29. The number of ether oxygens (including phenoxy) is 3. The molecule has 10 heteroatoms. The second-order valence-corrected chi connectivity index (χ2v) is 7.94. The molecule has 1 N–H and O–H groups in total. The summed E-state index contributed by atoms with van der Waals surface area (Å²) in [5, 5.41) is 12.0. The molecule has 0 saturated carbocycles. The first-order chi connectivity index (χ1) is 17.3. The van der Waals surface area contributed by atoms with Gasteiger partial charge in [0.2, 0.25) is 0 Å². The van der Waals surface area contributed by atoms with Gasteiger partial charge in [0.05, 0.1) is 36.4 Å². The highest BCUT2D eigenvalue weighted by atomic mass is 19.3. The number of esters is 1. The van der Waals surface area contributed by atoms with Gasteiger partial charge in [0, 0.05) is 10.8 Å². The van der Waals surface area contributed by atoms with Crippen molar-refractivity contribution in [1.82, 2.24) is 0 Å². The molecule has 7 nitrogen and oxygen atoms in total. The number of halogens is 3. The van der Waals surface area contributed by atoms with E-state index in [0.717, 1.165) is 11.0 Å². The third-order valence-corrected chi connectivity index (χ3v) is 5.66. The minimum atomic E-state index is -2.81. The van der Waals surface area contributed by atoms with Gasteiger partial charge in [-0.05, 0) is 31.5 Å². The number of aliphatic hydroxyl groups excluding tert-OH is 1. The van der Waals surface area contributed by atoms with Crippen molar-refractivity contribution in [1.29, 1.82) is 0 Å². The SMILES string of the molecule is CCOC(=O)Cc1ccc(N2C(=O)c3c(c(OCC)c4ccccc4c3OCC(F)F)C2O)c(F)c1. The van der Waals surface area contributed by atoms with Crippen molar-refractivity contribution in [2.24, 2.45) is 0 Å². The van der Waals surface area contributed by atoms with Crippen molar-refractivity contribution < 1.29 is 42.1 Å². The first kappa shape index (κ1) is 25.3. The van der Waals surface area contributed by atoms with E-state index >= 15 is 4.39 Å². The number of carbonyl (C=O) groups is 2. The van der Waals surface area contributed by atoms with Crippen molar-refractivity contribution in [2.45, 2.75) is 32.9 Å². The molecule has 0 fully saturated rings. The predicted octanol–water partition coefficient (Wildman–Crippen LogP) is 4.78. The summed E-state index contributed by atoms with van der Waals surface area (Å²) in [5.41, 5.74) is -0.127. The van der Waals surface area contributed by atoms with E-state index in [1.54, 1.807) is 38.1 Å². The quantitative estimate of drug-likeness (QED) is 0.423. The first-order valence-corrected chi connectivity index (χ1v) is 11.4. The van der Waals surface area contributed by atoms with Crippen molar-refractivity contribution in [2.75, 3.05) is 24.7 Å². The fraction of sp³-hybridized carbons (Fsp3) is 0.308. The maximum Gasteiger partial charge on any atom is 0.310 e. The van der Waals surface area contributed by atoms with Crippen LogP contribution in [0.3, 0.4) is 0 Å². The summed E-state index contributed by atoms with van der Waals surface area (Å²) in [6.45, 7) is 2.75. The van der Waals surface area contributed by atoms with Crippen LogP contribution in [-0.4, -0.2) is 43.2 Å². The highest BCUT2D eigenvalue weighted by molar-refractivity contribution is 6.17. The molecule has 3 aromatic rings. The number of aliphatic hydroxyl groups is 1. The van der Waals surface area contributed by atoms with Crippen LogP contribution in [0.2, 0.25) is 0 Å². The van der Waals surface area contributed by atoms with Crippen molar-refractivity contribution in [3.8, 4) is 11.5 Å². The average molecular weight is 503 g/mol. The molecule has 0 bridgehead atoms. The fourth-order valence-corrected chi connectivity index (χ4v) is 4.29. The van der Waals surface area contributed by atoms with Gasteiger partial charge in [-0.25, -0.2) is 13.2 Å². The molecule has 0 aromatic heterocycles. The molecule has 0 aliphatic carbocycles. The molecule has 1 aliphatic heterocycles. The third-order valence-electron chi connectivity index (χ3n) is 5.66. The monoisotopic (exact) mass is 503 g/mol. The molecule has 1 aliphatic rings. The third kappa shape index (κ3) is 4.56. The van der Waals surface area contributed by atoms with Crippen LogP contribution in [-0.2, 0) is 16.0 Å². The molecule has 4 rings (SSSR count). The normalized spacial score (nSPS) is 14.9. The van der Waals surface area contributed by atoms with E-state index in [1.165, 1.54) is 12.1 Å². The lowest BCUT2D eigenvalue weighted by atomic mass is 9.98. The number of rotatable bonds is 9. The number of benzene rings is 3. The minimum absolute atomic E-state index is 0.000170. The number of nitrogens with zero attached hydrogens (tertiary/aromatic N) is 1. The van der Waals surface area contributed by atoms with E-state index in [9.17, 15) is 23.5 Å². The van der Waals surface area contributed by atoms with Crippen LogP contribution in [0.1, 0.15) is 41.6 Å². The Labute approximate surface area is 205 Å². The minimum Gasteiger partial charge on any atom is -0.493 e. The Balaban J connectivity index is 1.84. The Morgan fingerprint density at radius 2 is 1.75 bits per heavy atom. The summed E-state index contributed by atoms with van der Waals surface area (Å²) in [6.07, 6.45) is -4.67. The Hall–Kier alpha value is -3.79. The van der Waals surface area contributed by atoms with Gasteiger partial charge >= 0.3 is 5.97 Å². The topological polar surface area (TPSA) is 85.3 Å². The Morgan fingerprint density at radius 3 is 2.36 bits per heavy atom. The van der Waals surface area contributed by atoms with Gasteiger partial charge in [0.15, 0.2) is 6.23 Å². The van der Waals surface area contributed by atoms with E-state index in [0.29, 0.717) is 16.3 Å². The van der Waals surface area contributed by atoms with Gasteiger partial charge in [0.1, 0.15) is 23.9 Å². The van der Waals surface area contributed by atoms with E-state index in [-0.39, 0.29) is 47.9 Å². The summed E-state index contributed by atoms with van der Waals surface area (Å²) in [7, 11) is 0. The Bertz CT molecular complexity index is 1310. The molecule has 1 amide bonds. The van der Waals surface area contributed by atoms with Crippen LogP contribution in [0.4, 0.5) is 18.9 Å². The molecule has 1 unspecified atom stereocenters. The van der Waals surface area contributed by atoms with Crippen LogP contribution < -0.4 is 14.4 Å². The van der Waals surface area contributed by atoms with Gasteiger partial charge in [-0.2, -0.15) is 0 Å². The second-order valence-electron chi connectivity index (χ2n) is 7.94. The number of hydrogen-bond acceptors (Lipinski definition) is 6. The molecule has 190 valence electrons. The van der Waals surface area contributed by atoms with E-state index in [2.05, 4.69) is 0 Å². The molecule has 0 saturated heterocycles. The average Bonchev–Trinajstić information content (AvgIpc) is 3.09. The van der Waals surface area contributed by atoms with Crippen molar-refractivity contribution >= 4 is 28.3 Å². The molecule has 0 spiro atoms. The molecule has 1 atom stereocenters. The van der Waals surface area contributed by atoms with Crippen molar-refractivity contribution in [3.05, 3.63) is 65.0 Å². The summed E-state index contributed by atoms with van der Waals surface area (Å²) < 4.78 is 57.3. The van der Waals surface area contributed by atoms with Gasteiger partial charge < -0.3 is 19.3 Å². The standard InChI is InChI=1S/C26H24F3NO6/c1-3-34-20(31)12-14-9-10-18(17(27)11-14)30-25(32)21-22(26(30)33)24(36-13-19(28)29)16-8-6-5-7-15(16)23(21)35-4-2/h5-11,19,25,32H,3-4,12-13H2,1-2H3. The van der Waals surface area contributed by atoms with Crippen LogP contribution in [0.5, 0.6) is 11.5 Å². The predicted molar refractivity (Wildman–Crippen MR) is 125 cm³/mol. The molecular formula is C26H24F3NO6. The number of amides is 1. The van der Waals surface area contributed by atoms with E-state index in [1.807, 2.05) is 0 Å². The number of carbonyl (C=O) groups excluding carboxylic acids is 2. The number of alkyl halides is 2. The summed E-state index contributed by atoms with van der Waals surface area (Å²) in [4.78, 5) is 26.1. The van der Waals surface area contributed by atoms with Gasteiger partial charge in [0.25, 0.3) is 12.3 Å². The number of fused-ring (bicyclic) bond motifs is 2. The van der Waals surface area contributed by atoms with Gasteiger partial charge in [-0.1, -0.05) is 30.3 Å². The van der Waals surface area contributed by atoms with Crippen LogP contribution in [0.15, 0.2) is 42.5 Å². The Morgan fingerprint density at radius 1 is 1.06 bits per heavy atom. The zero-order valence-corrected chi connectivity index (χ0v) is 19.6. The summed E-state index contributed by atoms with van der Waals surface area (Å²) in [6, 6.07) is 10.4. The van der Waals surface area contributed by atoms with Crippen LogP contribution in [0, 0.1) is 5.82 Å². The largest absolute Gasteiger partial charge is 0.493 e. The maximum atomic E-state index is 15.2. The highest BCUT2D eigenvalue weighted by Crippen LogP contribution is 2.50. The molecule has 3 aromatic carbocycles. The smallest absolute Gasteiger partial charge is 0.310 e.